The Labute approximate surface area is 209 Å². The van der Waals surface area contributed by atoms with Gasteiger partial charge >= 0.3 is 0 Å². The van der Waals surface area contributed by atoms with Crippen LogP contribution in [0.25, 0.3) is 11.3 Å². The molecule has 3 heterocycles. The number of Topliss-reactive ketones (excluding diaryl/α,β-unsaturated/α-hetero) is 1. The summed E-state index contributed by atoms with van der Waals surface area (Å²) in [5.74, 6) is 2.10. The summed E-state index contributed by atoms with van der Waals surface area (Å²) in [7, 11) is 0. The summed E-state index contributed by atoms with van der Waals surface area (Å²) >= 11 is 6.18. The number of ketones is 1. The minimum absolute atomic E-state index is 0.0322. The molecule has 6 rings (SSSR count). The third kappa shape index (κ3) is 4.00. The van der Waals surface area contributed by atoms with Gasteiger partial charge < -0.3 is 4.90 Å². The standard InChI is InChI=1S/C28H27ClN4O2/c1-17-30-31-28-20(14-27(35)32-16-18-6-11-23(34)15-22(32)12-18)13-25(19-7-9-21(29)10-8-19)24-4-2-3-5-26(24)33(17)28/h2-5,7-10,13,18,20,22H,6,11-12,14-16H2,1H3/t18?,20-,22?/m0/s1. The number of allylic oxidation sites excluding steroid dienone is 1. The van der Waals surface area contributed by atoms with Crippen LogP contribution in [-0.2, 0) is 9.59 Å². The van der Waals surface area contributed by atoms with E-state index in [1.807, 2.05) is 48.2 Å². The number of carbonyl (C=O) groups excluding carboxylic acids is 2. The Morgan fingerprint density at radius 2 is 1.91 bits per heavy atom. The van der Waals surface area contributed by atoms with Crippen LogP contribution in [0.15, 0.2) is 54.6 Å². The number of benzene rings is 2. The second kappa shape index (κ2) is 8.76. The van der Waals surface area contributed by atoms with Crippen molar-refractivity contribution in [3.05, 3.63) is 82.4 Å². The van der Waals surface area contributed by atoms with Gasteiger partial charge in [0.05, 0.1) is 5.69 Å². The predicted molar refractivity (Wildman–Crippen MR) is 134 cm³/mol. The van der Waals surface area contributed by atoms with Gasteiger partial charge in [-0.1, -0.05) is 48.0 Å². The van der Waals surface area contributed by atoms with E-state index in [9.17, 15) is 9.59 Å². The zero-order valence-corrected chi connectivity index (χ0v) is 20.4. The number of hydrogen-bond donors (Lipinski definition) is 0. The molecule has 0 radical (unpaired) electrons. The van der Waals surface area contributed by atoms with Crippen LogP contribution in [0.4, 0.5) is 0 Å². The maximum Gasteiger partial charge on any atom is 0.223 e. The number of amides is 1. The summed E-state index contributed by atoms with van der Waals surface area (Å²) in [6, 6.07) is 16.1. The van der Waals surface area contributed by atoms with Crippen molar-refractivity contribution >= 4 is 28.9 Å². The topological polar surface area (TPSA) is 68.1 Å². The number of aryl methyl sites for hydroxylation is 1. The zero-order valence-electron chi connectivity index (χ0n) is 19.7. The van der Waals surface area contributed by atoms with Crippen molar-refractivity contribution in [3.63, 3.8) is 0 Å². The van der Waals surface area contributed by atoms with Gasteiger partial charge in [-0.3, -0.25) is 14.2 Å². The maximum atomic E-state index is 13.7. The maximum absolute atomic E-state index is 13.7. The fourth-order valence-corrected chi connectivity index (χ4v) is 6.09. The fraction of sp³-hybridized carbons (Fsp3) is 0.357. The van der Waals surface area contributed by atoms with Gasteiger partial charge in [0.15, 0.2) is 0 Å². The highest BCUT2D eigenvalue weighted by Gasteiger charge is 2.39. The summed E-state index contributed by atoms with van der Waals surface area (Å²) in [6.45, 7) is 2.70. The van der Waals surface area contributed by atoms with Gasteiger partial charge in [-0.05, 0) is 55.0 Å². The van der Waals surface area contributed by atoms with Crippen LogP contribution in [0.1, 0.15) is 60.8 Å². The molecular formula is C28H27ClN4O2. The van der Waals surface area contributed by atoms with Gasteiger partial charge in [0.2, 0.25) is 5.91 Å². The van der Waals surface area contributed by atoms with Crippen molar-refractivity contribution in [2.75, 3.05) is 6.54 Å². The lowest BCUT2D eigenvalue weighted by Gasteiger charge is -2.26. The Hall–Kier alpha value is -3.25. The van der Waals surface area contributed by atoms with Gasteiger partial charge in [0, 0.05) is 48.4 Å². The van der Waals surface area contributed by atoms with Gasteiger partial charge in [-0.25, -0.2) is 0 Å². The second-order valence-electron chi connectivity index (χ2n) is 9.94. The second-order valence-corrected chi connectivity index (χ2v) is 10.4. The van der Waals surface area contributed by atoms with Crippen molar-refractivity contribution in [3.8, 4) is 5.69 Å². The molecule has 178 valence electrons. The lowest BCUT2D eigenvalue weighted by Crippen LogP contribution is -2.38. The van der Waals surface area contributed by atoms with E-state index in [4.69, 9.17) is 11.6 Å². The molecule has 6 nitrogen and oxygen atoms in total. The number of para-hydroxylation sites is 1. The molecule has 3 aliphatic rings. The molecule has 1 amide bonds. The molecule has 2 aliphatic heterocycles. The first-order valence-electron chi connectivity index (χ1n) is 12.3. The SMILES string of the molecule is Cc1nnc2n1-c1ccccc1C(c1ccc(Cl)cc1)=C[C@H]2CC(=O)N1CC2CCC(=O)CC1C2. The van der Waals surface area contributed by atoms with Gasteiger partial charge in [0.1, 0.15) is 17.4 Å². The van der Waals surface area contributed by atoms with Crippen LogP contribution in [0.3, 0.4) is 0 Å². The van der Waals surface area contributed by atoms with Gasteiger partial charge in [0.25, 0.3) is 0 Å². The normalized spacial score (nSPS) is 23.3. The lowest BCUT2D eigenvalue weighted by molar-refractivity contribution is -0.133. The quantitative estimate of drug-likeness (QED) is 0.515. The molecule has 1 saturated heterocycles. The van der Waals surface area contributed by atoms with E-state index in [0.29, 0.717) is 30.2 Å². The van der Waals surface area contributed by atoms with Crippen LogP contribution >= 0.6 is 11.6 Å². The van der Waals surface area contributed by atoms with Crippen LogP contribution in [-0.4, -0.2) is 43.9 Å². The van der Waals surface area contributed by atoms with E-state index in [1.54, 1.807) is 0 Å². The molecule has 2 bridgehead atoms. The summed E-state index contributed by atoms with van der Waals surface area (Å²) < 4.78 is 2.07. The van der Waals surface area contributed by atoms with Crippen molar-refractivity contribution in [2.24, 2.45) is 5.92 Å². The molecule has 1 saturated carbocycles. The molecule has 3 aromatic rings. The van der Waals surface area contributed by atoms with E-state index < -0.39 is 0 Å². The average molecular weight is 487 g/mol. The summed E-state index contributed by atoms with van der Waals surface area (Å²) in [4.78, 5) is 27.9. The number of rotatable bonds is 3. The highest BCUT2D eigenvalue weighted by Crippen LogP contribution is 2.40. The van der Waals surface area contributed by atoms with Crippen LogP contribution < -0.4 is 0 Å². The number of likely N-dealkylation sites (tertiary alicyclic amines) is 1. The molecule has 3 atom stereocenters. The van der Waals surface area contributed by atoms with Crippen LogP contribution in [0, 0.1) is 12.8 Å². The smallest absolute Gasteiger partial charge is 0.223 e. The largest absolute Gasteiger partial charge is 0.339 e. The molecular weight excluding hydrogens is 460 g/mol. The van der Waals surface area contributed by atoms with E-state index in [0.717, 1.165) is 53.4 Å². The number of nitrogens with zero attached hydrogens (tertiary/aromatic N) is 4. The van der Waals surface area contributed by atoms with E-state index >= 15 is 0 Å². The van der Waals surface area contributed by atoms with Crippen LogP contribution in [0.5, 0.6) is 0 Å². The summed E-state index contributed by atoms with van der Waals surface area (Å²) in [6.07, 6.45) is 5.42. The first kappa shape index (κ1) is 22.2. The molecule has 2 fully saturated rings. The Bertz CT molecular complexity index is 1340. The van der Waals surface area contributed by atoms with Crippen molar-refractivity contribution in [1.29, 1.82) is 0 Å². The Morgan fingerprint density at radius 1 is 1.11 bits per heavy atom. The highest BCUT2D eigenvalue weighted by molar-refractivity contribution is 6.30. The van der Waals surface area contributed by atoms with E-state index in [2.05, 4.69) is 33.0 Å². The number of aromatic nitrogens is 3. The molecule has 1 aliphatic carbocycles. The highest BCUT2D eigenvalue weighted by atomic mass is 35.5. The third-order valence-electron chi connectivity index (χ3n) is 7.65. The minimum Gasteiger partial charge on any atom is -0.339 e. The zero-order chi connectivity index (χ0) is 24.1. The third-order valence-corrected chi connectivity index (χ3v) is 7.90. The summed E-state index contributed by atoms with van der Waals surface area (Å²) in [5, 5.41) is 9.59. The number of carbonyl (C=O) groups is 2. The fourth-order valence-electron chi connectivity index (χ4n) is 5.97. The molecule has 1 aromatic heterocycles. The van der Waals surface area contributed by atoms with Crippen molar-refractivity contribution in [1.82, 2.24) is 19.7 Å². The molecule has 2 unspecified atom stereocenters. The molecule has 35 heavy (non-hydrogen) atoms. The lowest BCUT2D eigenvalue weighted by atomic mass is 9.92. The first-order valence-corrected chi connectivity index (χ1v) is 12.7. The number of hydrogen-bond acceptors (Lipinski definition) is 4. The average Bonchev–Trinajstić information content (AvgIpc) is 3.33. The van der Waals surface area contributed by atoms with Crippen molar-refractivity contribution in [2.45, 2.75) is 51.0 Å². The molecule has 0 N–H and O–H groups in total. The van der Waals surface area contributed by atoms with Gasteiger partial charge in [-0.2, -0.15) is 0 Å². The van der Waals surface area contributed by atoms with Crippen LogP contribution in [0.2, 0.25) is 5.02 Å². The molecule has 2 aromatic carbocycles. The number of fused-ring (bicyclic) bond motifs is 5. The molecule has 7 heteroatoms. The number of halogens is 1. The Kier molecular flexibility index (Phi) is 5.56. The summed E-state index contributed by atoms with van der Waals surface area (Å²) in [5.41, 5.74) is 4.15. The predicted octanol–water partition coefficient (Wildman–Crippen LogP) is 5.12. The van der Waals surface area contributed by atoms with E-state index in [-0.39, 0.29) is 23.7 Å². The van der Waals surface area contributed by atoms with Gasteiger partial charge in [-0.15, -0.1) is 10.2 Å². The van der Waals surface area contributed by atoms with Crippen molar-refractivity contribution < 1.29 is 9.59 Å². The Balaban J connectivity index is 1.42. The minimum atomic E-state index is -0.250. The first-order chi connectivity index (χ1) is 17.0. The Morgan fingerprint density at radius 3 is 2.74 bits per heavy atom. The molecule has 0 spiro atoms. The van der Waals surface area contributed by atoms with E-state index in [1.165, 1.54) is 0 Å². The monoisotopic (exact) mass is 486 g/mol.